The molecule has 0 unspecified atom stereocenters. The number of aromatic nitrogens is 3. The Morgan fingerprint density at radius 1 is 1.03 bits per heavy atom. The van der Waals surface area contributed by atoms with E-state index < -0.39 is 0 Å². The highest BCUT2D eigenvalue weighted by atomic mass is 35.5. The fourth-order valence-electron chi connectivity index (χ4n) is 3.59. The second kappa shape index (κ2) is 9.82. The molecule has 0 spiro atoms. The maximum absolute atomic E-state index is 13.3. The fourth-order valence-corrected chi connectivity index (χ4v) is 3.59. The van der Waals surface area contributed by atoms with Crippen LogP contribution in [0.4, 0.5) is 10.2 Å². The van der Waals surface area contributed by atoms with Gasteiger partial charge in [0.25, 0.3) is 0 Å². The summed E-state index contributed by atoms with van der Waals surface area (Å²) in [5, 5.41) is 13.3. The van der Waals surface area contributed by atoms with Gasteiger partial charge in [0.2, 0.25) is 0 Å². The van der Waals surface area contributed by atoms with E-state index in [4.69, 9.17) is 5.11 Å². The molecule has 2 aromatic heterocycles. The third kappa shape index (κ3) is 5.12. The Hall–Kier alpha value is -2.48. The molecule has 8 heteroatoms. The topological polar surface area (TPSA) is 57.4 Å². The molecule has 1 saturated heterocycles. The van der Waals surface area contributed by atoms with Gasteiger partial charge in [-0.15, -0.1) is 12.4 Å². The van der Waals surface area contributed by atoms with E-state index in [9.17, 15) is 4.39 Å². The lowest BCUT2D eigenvalue weighted by Crippen LogP contribution is -2.46. The van der Waals surface area contributed by atoms with Gasteiger partial charge in [-0.1, -0.05) is 12.1 Å². The summed E-state index contributed by atoms with van der Waals surface area (Å²) in [6.45, 7) is 5.12. The van der Waals surface area contributed by atoms with Crippen LogP contribution in [0.2, 0.25) is 0 Å². The lowest BCUT2D eigenvalue weighted by molar-refractivity contribution is 0.249. The minimum absolute atomic E-state index is 0. The predicted molar refractivity (Wildman–Crippen MR) is 114 cm³/mol. The van der Waals surface area contributed by atoms with Crippen molar-refractivity contribution < 1.29 is 9.50 Å². The zero-order chi connectivity index (χ0) is 19.3. The molecule has 6 nitrogen and oxygen atoms in total. The van der Waals surface area contributed by atoms with Gasteiger partial charge in [-0.2, -0.15) is 5.10 Å². The Kier molecular flexibility index (Phi) is 7.19. The second-order valence-corrected chi connectivity index (χ2v) is 6.98. The molecule has 154 valence electrons. The zero-order valence-corrected chi connectivity index (χ0v) is 16.9. The minimum atomic E-state index is -0.231. The number of hydrogen-bond donors (Lipinski definition) is 1. The van der Waals surface area contributed by atoms with Crippen LogP contribution in [-0.4, -0.2) is 57.6 Å². The highest BCUT2D eigenvalue weighted by Gasteiger charge is 2.21. The van der Waals surface area contributed by atoms with Crippen molar-refractivity contribution in [3.05, 3.63) is 66.4 Å². The standard InChI is InChI=1S/C21H24FN5O.ClH/c22-19-5-3-18(4-6-19)20-2-1-7-23-21(20)26-10-8-25(9-11-26)15-17-14-24-27(16-17)12-13-28;/h1-7,14,16,28H,8-13,15H2;1H. The quantitative estimate of drug-likeness (QED) is 0.668. The predicted octanol–water partition coefficient (Wildman–Crippen LogP) is 2.82. The van der Waals surface area contributed by atoms with Crippen LogP contribution in [0.1, 0.15) is 5.56 Å². The van der Waals surface area contributed by atoms with E-state index >= 15 is 0 Å². The molecule has 0 amide bonds. The number of pyridine rings is 1. The number of hydrogen-bond acceptors (Lipinski definition) is 5. The maximum Gasteiger partial charge on any atom is 0.136 e. The minimum Gasteiger partial charge on any atom is -0.394 e. The molecule has 0 radical (unpaired) electrons. The van der Waals surface area contributed by atoms with Crippen LogP contribution in [0.15, 0.2) is 55.0 Å². The number of piperazine rings is 1. The van der Waals surface area contributed by atoms with Crippen molar-refractivity contribution in [2.24, 2.45) is 0 Å². The molecule has 1 fully saturated rings. The molecule has 0 saturated carbocycles. The van der Waals surface area contributed by atoms with Gasteiger partial charge in [0.05, 0.1) is 19.3 Å². The molecule has 3 heterocycles. The van der Waals surface area contributed by atoms with Gasteiger partial charge in [0, 0.05) is 56.2 Å². The van der Waals surface area contributed by atoms with Crippen molar-refractivity contribution in [3.63, 3.8) is 0 Å². The summed E-state index contributed by atoms with van der Waals surface area (Å²) >= 11 is 0. The fraction of sp³-hybridized carbons (Fsp3) is 0.333. The molecule has 4 rings (SSSR count). The molecule has 0 aliphatic carbocycles. The van der Waals surface area contributed by atoms with E-state index in [1.807, 2.05) is 30.7 Å². The number of anilines is 1. The average molecular weight is 418 g/mol. The highest BCUT2D eigenvalue weighted by molar-refractivity contribution is 5.85. The summed E-state index contributed by atoms with van der Waals surface area (Å²) in [4.78, 5) is 9.31. The Morgan fingerprint density at radius 3 is 2.52 bits per heavy atom. The number of nitrogens with zero attached hydrogens (tertiary/aromatic N) is 5. The molecule has 1 aromatic carbocycles. The van der Waals surface area contributed by atoms with E-state index in [1.165, 1.54) is 12.1 Å². The lowest BCUT2D eigenvalue weighted by atomic mass is 10.1. The van der Waals surface area contributed by atoms with E-state index in [1.54, 1.807) is 16.8 Å². The van der Waals surface area contributed by atoms with E-state index in [0.717, 1.165) is 55.2 Å². The Labute approximate surface area is 176 Å². The van der Waals surface area contributed by atoms with Crippen molar-refractivity contribution in [1.82, 2.24) is 19.7 Å². The van der Waals surface area contributed by atoms with Crippen LogP contribution in [0.3, 0.4) is 0 Å². The van der Waals surface area contributed by atoms with Crippen molar-refractivity contribution in [3.8, 4) is 11.1 Å². The molecule has 29 heavy (non-hydrogen) atoms. The van der Waals surface area contributed by atoms with Crippen molar-refractivity contribution in [2.75, 3.05) is 37.7 Å². The smallest absolute Gasteiger partial charge is 0.136 e. The molecule has 1 aliphatic heterocycles. The summed E-state index contributed by atoms with van der Waals surface area (Å²) in [5.41, 5.74) is 3.16. The molecule has 0 bridgehead atoms. The third-order valence-corrected chi connectivity index (χ3v) is 5.04. The molecule has 1 aliphatic rings. The molecule has 0 atom stereocenters. The Bertz CT molecular complexity index is 909. The second-order valence-electron chi connectivity index (χ2n) is 6.98. The third-order valence-electron chi connectivity index (χ3n) is 5.04. The largest absolute Gasteiger partial charge is 0.394 e. The summed E-state index contributed by atoms with van der Waals surface area (Å²) in [7, 11) is 0. The summed E-state index contributed by atoms with van der Waals surface area (Å²) in [6.07, 6.45) is 5.67. The number of aliphatic hydroxyl groups excluding tert-OH is 1. The van der Waals surface area contributed by atoms with Crippen molar-refractivity contribution >= 4 is 18.2 Å². The van der Waals surface area contributed by atoms with Gasteiger partial charge in [-0.25, -0.2) is 9.37 Å². The summed E-state index contributed by atoms with van der Waals surface area (Å²) in [6, 6.07) is 10.5. The van der Waals surface area contributed by atoms with Gasteiger partial charge in [-0.05, 0) is 29.8 Å². The number of benzene rings is 1. The Balaban J connectivity index is 0.00000240. The maximum atomic E-state index is 13.3. The van der Waals surface area contributed by atoms with Gasteiger partial charge >= 0.3 is 0 Å². The molecule has 1 N–H and O–H groups in total. The molecular weight excluding hydrogens is 393 g/mol. The first-order valence-electron chi connectivity index (χ1n) is 9.53. The summed E-state index contributed by atoms with van der Waals surface area (Å²) in [5.74, 6) is 0.717. The van der Waals surface area contributed by atoms with Gasteiger partial charge in [-0.3, -0.25) is 9.58 Å². The van der Waals surface area contributed by atoms with E-state index in [2.05, 4.69) is 19.9 Å². The van der Waals surface area contributed by atoms with Crippen LogP contribution in [-0.2, 0) is 13.1 Å². The Morgan fingerprint density at radius 2 is 1.79 bits per heavy atom. The van der Waals surface area contributed by atoms with Gasteiger partial charge < -0.3 is 10.0 Å². The zero-order valence-electron chi connectivity index (χ0n) is 16.1. The number of rotatable bonds is 6. The van der Waals surface area contributed by atoms with Crippen LogP contribution < -0.4 is 4.90 Å². The van der Waals surface area contributed by atoms with E-state index in [-0.39, 0.29) is 24.8 Å². The number of aliphatic hydroxyl groups is 1. The van der Waals surface area contributed by atoms with Crippen molar-refractivity contribution in [2.45, 2.75) is 13.1 Å². The van der Waals surface area contributed by atoms with Gasteiger partial charge in [0.15, 0.2) is 0 Å². The van der Waals surface area contributed by atoms with Crippen LogP contribution in [0.5, 0.6) is 0 Å². The molecule has 3 aromatic rings. The number of halogens is 2. The first kappa shape index (κ1) is 21.2. The summed E-state index contributed by atoms with van der Waals surface area (Å²) < 4.78 is 15.0. The van der Waals surface area contributed by atoms with Gasteiger partial charge in [0.1, 0.15) is 11.6 Å². The lowest BCUT2D eigenvalue weighted by Gasteiger charge is -2.36. The first-order chi connectivity index (χ1) is 13.7. The normalized spacial score (nSPS) is 14.6. The average Bonchev–Trinajstić information content (AvgIpc) is 3.16. The van der Waals surface area contributed by atoms with Crippen LogP contribution in [0, 0.1) is 5.82 Å². The van der Waals surface area contributed by atoms with Crippen LogP contribution >= 0.6 is 12.4 Å². The molecular formula is C21H25ClFN5O. The first-order valence-corrected chi connectivity index (χ1v) is 9.53. The van der Waals surface area contributed by atoms with Crippen molar-refractivity contribution in [1.29, 1.82) is 0 Å². The van der Waals surface area contributed by atoms with Crippen LogP contribution in [0.25, 0.3) is 11.1 Å². The monoisotopic (exact) mass is 417 g/mol. The van der Waals surface area contributed by atoms with E-state index in [0.29, 0.717) is 6.54 Å². The highest BCUT2D eigenvalue weighted by Crippen LogP contribution is 2.29. The SMILES string of the molecule is Cl.OCCn1cc(CN2CCN(c3ncccc3-c3ccc(F)cc3)CC2)cn1.